The van der Waals surface area contributed by atoms with Crippen LogP contribution in [0, 0.1) is 0 Å². The summed E-state index contributed by atoms with van der Waals surface area (Å²) in [6, 6.07) is -0.724. The van der Waals surface area contributed by atoms with Crippen molar-refractivity contribution in [3.63, 3.8) is 0 Å². The van der Waals surface area contributed by atoms with Crippen molar-refractivity contribution >= 4 is 11.9 Å². The number of carbonyl (C=O) groups is 2. The van der Waals surface area contributed by atoms with E-state index in [2.05, 4.69) is 105 Å². The van der Waals surface area contributed by atoms with Crippen LogP contribution in [0.1, 0.15) is 258 Å². The van der Waals surface area contributed by atoms with Crippen LogP contribution >= 0.6 is 0 Å². The lowest BCUT2D eigenvalue weighted by Gasteiger charge is -2.24. The molecular weight excluding hydrogens is 815 g/mol. The van der Waals surface area contributed by atoms with Gasteiger partial charge in [0.05, 0.1) is 25.2 Å². The Morgan fingerprint density at radius 3 is 1.21 bits per heavy atom. The van der Waals surface area contributed by atoms with Crippen molar-refractivity contribution in [2.45, 2.75) is 277 Å². The van der Waals surface area contributed by atoms with Crippen molar-refractivity contribution in [1.82, 2.24) is 5.32 Å². The summed E-state index contributed by atoms with van der Waals surface area (Å²) in [7, 11) is 0. The van der Waals surface area contributed by atoms with Gasteiger partial charge in [-0.15, -0.1) is 0 Å². The van der Waals surface area contributed by atoms with Crippen LogP contribution in [0.2, 0.25) is 0 Å². The molecule has 0 aliphatic rings. The van der Waals surface area contributed by atoms with Crippen molar-refractivity contribution in [3.05, 3.63) is 85.1 Å². The van der Waals surface area contributed by atoms with Crippen LogP contribution in [0.15, 0.2) is 85.1 Å². The van der Waals surface area contributed by atoms with Gasteiger partial charge in [0.1, 0.15) is 6.10 Å². The Bertz CT molecular complexity index is 1260. The fourth-order valence-corrected chi connectivity index (χ4v) is 8.09. The molecule has 0 aromatic carbocycles. The first-order chi connectivity index (χ1) is 32.5. The second-order valence-electron chi connectivity index (χ2n) is 18.8. The zero-order valence-corrected chi connectivity index (χ0v) is 43.3. The summed E-state index contributed by atoms with van der Waals surface area (Å²) in [5, 5.41) is 23.8. The maximum atomic E-state index is 13.2. The van der Waals surface area contributed by atoms with E-state index in [1.807, 2.05) is 6.08 Å². The number of nitrogens with one attached hydrogen (secondary N) is 1. The predicted molar refractivity (Wildman–Crippen MR) is 287 cm³/mol. The Balaban J connectivity index is 4.71. The minimum absolute atomic E-state index is 0.0396. The first-order valence-corrected chi connectivity index (χ1v) is 27.9. The maximum Gasteiger partial charge on any atom is 0.306 e. The fraction of sp³-hybridized carbons (Fsp3) is 0.733. The lowest BCUT2D eigenvalue weighted by Crippen LogP contribution is -2.46. The monoisotopic (exact) mass is 920 g/mol. The third kappa shape index (κ3) is 47.5. The van der Waals surface area contributed by atoms with Gasteiger partial charge in [-0.3, -0.25) is 9.59 Å². The Hall–Kier alpha value is -2.96. The minimum Gasteiger partial charge on any atom is -0.462 e. The molecule has 6 heteroatoms. The molecule has 0 saturated heterocycles. The molecule has 3 N–H and O–H groups in total. The number of aliphatic hydroxyl groups excluding tert-OH is 2. The van der Waals surface area contributed by atoms with Gasteiger partial charge in [-0.2, -0.15) is 0 Å². The van der Waals surface area contributed by atoms with E-state index < -0.39 is 18.2 Å². The van der Waals surface area contributed by atoms with Gasteiger partial charge < -0.3 is 20.3 Å². The standard InChI is InChI=1S/C60H105NO5/c1-4-7-10-13-16-19-22-25-27-29-30-32-35-38-41-44-47-50-53-60(65)66-56(51-48-45-42-39-36-34-31-28-26-23-20-17-14-11-8-5-2)54-59(64)61-57(55-62)58(63)52-49-46-43-40-37-33-24-21-18-15-12-9-6-3/h17,20,22-23,25-32,34,36,56-58,62-63H,4-16,18-19,21,24,33,35,37-55H2,1-3H3,(H,61,64)/b20-17+,25-22+,26-23+,29-27+,31-28+,32-30+,36-34+. The van der Waals surface area contributed by atoms with Gasteiger partial charge in [-0.25, -0.2) is 0 Å². The summed E-state index contributed by atoms with van der Waals surface area (Å²) in [5.74, 6) is -0.536. The first kappa shape index (κ1) is 63.0. The molecule has 0 aliphatic heterocycles. The highest BCUT2D eigenvalue weighted by atomic mass is 16.5. The quantitative estimate of drug-likeness (QED) is 0.0321. The summed E-state index contributed by atoms with van der Waals surface area (Å²) in [5.41, 5.74) is 0. The van der Waals surface area contributed by atoms with Crippen molar-refractivity contribution in [1.29, 1.82) is 0 Å². The van der Waals surface area contributed by atoms with Gasteiger partial charge in [0.15, 0.2) is 0 Å². The van der Waals surface area contributed by atoms with Crippen molar-refractivity contribution in [2.75, 3.05) is 6.61 Å². The third-order valence-electron chi connectivity index (χ3n) is 12.4. The zero-order valence-electron chi connectivity index (χ0n) is 43.3. The van der Waals surface area contributed by atoms with Gasteiger partial charge in [0.25, 0.3) is 0 Å². The number of aliphatic hydroxyl groups is 2. The second kappa shape index (κ2) is 53.0. The average molecular weight is 921 g/mol. The average Bonchev–Trinajstić information content (AvgIpc) is 3.31. The number of carbonyl (C=O) groups excluding carboxylic acids is 2. The summed E-state index contributed by atoms with van der Waals surface area (Å²) in [6.07, 6.45) is 69.2. The van der Waals surface area contributed by atoms with Crippen LogP contribution in [0.5, 0.6) is 0 Å². The highest BCUT2D eigenvalue weighted by Gasteiger charge is 2.24. The van der Waals surface area contributed by atoms with E-state index in [1.165, 1.54) is 116 Å². The summed E-state index contributed by atoms with van der Waals surface area (Å²) < 4.78 is 5.93. The molecule has 0 aliphatic carbocycles. The third-order valence-corrected chi connectivity index (χ3v) is 12.4. The number of unbranched alkanes of at least 4 members (excludes halogenated alkanes) is 28. The molecule has 0 aromatic rings. The lowest BCUT2D eigenvalue weighted by molar-refractivity contribution is -0.151. The Labute approximate surface area is 408 Å². The van der Waals surface area contributed by atoms with E-state index in [9.17, 15) is 19.8 Å². The molecule has 3 atom stereocenters. The van der Waals surface area contributed by atoms with Gasteiger partial charge in [-0.05, 0) is 77.0 Å². The van der Waals surface area contributed by atoms with Gasteiger partial charge in [0.2, 0.25) is 5.91 Å². The molecule has 6 nitrogen and oxygen atoms in total. The number of esters is 1. The Morgan fingerprint density at radius 2 is 0.773 bits per heavy atom. The molecular formula is C60H105NO5. The minimum atomic E-state index is -0.807. The number of rotatable bonds is 49. The number of amides is 1. The van der Waals surface area contributed by atoms with Crippen LogP contribution in [0.25, 0.3) is 0 Å². The van der Waals surface area contributed by atoms with E-state index in [0.717, 1.165) is 96.3 Å². The Kier molecular flexibility index (Phi) is 50.6. The Morgan fingerprint density at radius 1 is 0.439 bits per heavy atom. The molecule has 0 aromatic heterocycles. The largest absolute Gasteiger partial charge is 0.462 e. The zero-order chi connectivity index (χ0) is 48.1. The van der Waals surface area contributed by atoms with E-state index >= 15 is 0 Å². The molecule has 3 unspecified atom stereocenters. The van der Waals surface area contributed by atoms with E-state index in [-0.39, 0.29) is 24.9 Å². The molecule has 0 radical (unpaired) electrons. The van der Waals surface area contributed by atoms with Crippen molar-refractivity contribution in [2.24, 2.45) is 0 Å². The number of allylic oxidation sites excluding steroid dienone is 14. The van der Waals surface area contributed by atoms with E-state index in [0.29, 0.717) is 19.3 Å². The van der Waals surface area contributed by atoms with Crippen molar-refractivity contribution in [3.8, 4) is 0 Å². The highest BCUT2D eigenvalue weighted by Crippen LogP contribution is 2.17. The fourth-order valence-electron chi connectivity index (χ4n) is 8.09. The summed E-state index contributed by atoms with van der Waals surface area (Å²) in [6.45, 7) is 6.42. The molecule has 66 heavy (non-hydrogen) atoms. The maximum absolute atomic E-state index is 13.2. The molecule has 0 bridgehead atoms. The highest BCUT2D eigenvalue weighted by molar-refractivity contribution is 5.77. The molecule has 0 fully saturated rings. The van der Waals surface area contributed by atoms with Gasteiger partial charge >= 0.3 is 5.97 Å². The second-order valence-corrected chi connectivity index (χ2v) is 18.8. The molecule has 1 amide bonds. The predicted octanol–water partition coefficient (Wildman–Crippen LogP) is 17.1. The molecule has 0 spiro atoms. The smallest absolute Gasteiger partial charge is 0.306 e. The van der Waals surface area contributed by atoms with Gasteiger partial charge in [0, 0.05) is 6.42 Å². The van der Waals surface area contributed by atoms with E-state index in [4.69, 9.17) is 4.74 Å². The first-order valence-electron chi connectivity index (χ1n) is 27.9. The van der Waals surface area contributed by atoms with Crippen LogP contribution < -0.4 is 5.32 Å². The summed E-state index contributed by atoms with van der Waals surface area (Å²) in [4.78, 5) is 26.2. The summed E-state index contributed by atoms with van der Waals surface area (Å²) >= 11 is 0. The lowest BCUT2D eigenvalue weighted by atomic mass is 10.0. The van der Waals surface area contributed by atoms with Crippen LogP contribution in [0.4, 0.5) is 0 Å². The molecule has 0 rings (SSSR count). The van der Waals surface area contributed by atoms with Crippen molar-refractivity contribution < 1.29 is 24.5 Å². The topological polar surface area (TPSA) is 95.9 Å². The molecule has 0 saturated carbocycles. The molecule has 380 valence electrons. The molecule has 0 heterocycles. The van der Waals surface area contributed by atoms with Gasteiger partial charge in [-0.1, -0.05) is 254 Å². The normalized spacial score (nSPS) is 13.8. The van der Waals surface area contributed by atoms with Crippen LogP contribution in [0.3, 0.4) is 0 Å². The van der Waals surface area contributed by atoms with Crippen LogP contribution in [-0.2, 0) is 14.3 Å². The SMILES string of the molecule is CCCCC/C=C/C=C/C=C/C=C/CCCCCC(CC(=O)NC(CO)C(O)CCCCCCCCCCCCCCC)OC(=O)CCCCCCC/C=C/C=C/C=C/CCCCCCC. The van der Waals surface area contributed by atoms with E-state index in [1.54, 1.807) is 0 Å². The number of hydrogen-bond acceptors (Lipinski definition) is 5. The number of hydrogen-bond donors (Lipinski definition) is 3. The van der Waals surface area contributed by atoms with Crippen LogP contribution in [-0.4, -0.2) is 46.9 Å². The number of ether oxygens (including phenoxy) is 1.